The summed E-state index contributed by atoms with van der Waals surface area (Å²) >= 11 is 0. The summed E-state index contributed by atoms with van der Waals surface area (Å²) in [5.41, 5.74) is 13.0. The van der Waals surface area contributed by atoms with Crippen molar-refractivity contribution < 1.29 is 0 Å². The zero-order valence-corrected chi connectivity index (χ0v) is 13.7. The van der Waals surface area contributed by atoms with Crippen LogP contribution in [0.5, 0.6) is 0 Å². The molecule has 0 aliphatic carbocycles. The normalized spacial score (nSPS) is 14.0. The van der Waals surface area contributed by atoms with Crippen molar-refractivity contribution in [2.75, 3.05) is 0 Å². The molecule has 0 bridgehead atoms. The van der Waals surface area contributed by atoms with Gasteiger partial charge in [0.05, 0.1) is 0 Å². The van der Waals surface area contributed by atoms with Crippen molar-refractivity contribution in [3.05, 3.63) is 70.3 Å². The van der Waals surface area contributed by atoms with Gasteiger partial charge >= 0.3 is 0 Å². The molecule has 0 aromatic heterocycles. The second-order valence-electron chi connectivity index (χ2n) is 6.22. The lowest BCUT2D eigenvalue weighted by atomic mass is 9.93. The van der Waals surface area contributed by atoms with E-state index in [1.165, 1.54) is 34.2 Å². The third-order valence-electron chi connectivity index (χ3n) is 4.49. The first-order chi connectivity index (χ1) is 10.0. The summed E-state index contributed by atoms with van der Waals surface area (Å²) in [4.78, 5) is 0. The van der Waals surface area contributed by atoms with Crippen molar-refractivity contribution in [3.63, 3.8) is 0 Å². The molecule has 0 fully saturated rings. The standard InChI is InChI=1S/C20H27N/c1-5-15(3)17-8-10-18(11-9-17)20(21)13-19-12-14(2)6-7-16(19)4/h6-12,15,20H,5,13,21H2,1-4H3. The molecule has 21 heavy (non-hydrogen) atoms. The highest BCUT2D eigenvalue weighted by molar-refractivity contribution is 5.33. The summed E-state index contributed by atoms with van der Waals surface area (Å²) in [7, 11) is 0. The van der Waals surface area contributed by atoms with Crippen molar-refractivity contribution >= 4 is 0 Å². The Bertz CT molecular complexity index is 583. The Morgan fingerprint density at radius 3 is 2.19 bits per heavy atom. The van der Waals surface area contributed by atoms with Crippen molar-refractivity contribution in [1.29, 1.82) is 0 Å². The number of hydrogen-bond acceptors (Lipinski definition) is 1. The van der Waals surface area contributed by atoms with Crippen LogP contribution in [0.1, 0.15) is 60.0 Å². The summed E-state index contributed by atoms with van der Waals surface area (Å²) in [5, 5.41) is 0. The molecule has 2 aromatic rings. The van der Waals surface area contributed by atoms with Crippen LogP contribution < -0.4 is 5.73 Å². The molecule has 0 amide bonds. The van der Waals surface area contributed by atoms with Crippen molar-refractivity contribution in [1.82, 2.24) is 0 Å². The van der Waals surface area contributed by atoms with E-state index in [0.717, 1.165) is 6.42 Å². The van der Waals surface area contributed by atoms with E-state index in [0.29, 0.717) is 5.92 Å². The molecule has 2 rings (SSSR count). The Kier molecular flexibility index (Phi) is 5.19. The lowest BCUT2D eigenvalue weighted by molar-refractivity contribution is 0.710. The van der Waals surface area contributed by atoms with Gasteiger partial charge in [0.2, 0.25) is 0 Å². The van der Waals surface area contributed by atoms with E-state index >= 15 is 0 Å². The van der Waals surface area contributed by atoms with Gasteiger partial charge in [-0.3, -0.25) is 0 Å². The maximum Gasteiger partial charge on any atom is 0.0335 e. The van der Waals surface area contributed by atoms with Gasteiger partial charge in [-0.2, -0.15) is 0 Å². The van der Waals surface area contributed by atoms with Gasteiger partial charge in [-0.05, 0) is 54.9 Å². The van der Waals surface area contributed by atoms with Crippen molar-refractivity contribution in [2.24, 2.45) is 5.73 Å². The van der Waals surface area contributed by atoms with E-state index in [9.17, 15) is 0 Å². The van der Waals surface area contributed by atoms with E-state index in [2.05, 4.69) is 70.2 Å². The van der Waals surface area contributed by atoms with Crippen LogP contribution in [0, 0.1) is 13.8 Å². The highest BCUT2D eigenvalue weighted by Crippen LogP contribution is 2.23. The van der Waals surface area contributed by atoms with Gasteiger partial charge in [0.1, 0.15) is 0 Å². The summed E-state index contributed by atoms with van der Waals surface area (Å²) < 4.78 is 0. The lowest BCUT2D eigenvalue weighted by Gasteiger charge is -2.16. The molecule has 0 aliphatic heterocycles. The van der Waals surface area contributed by atoms with E-state index < -0.39 is 0 Å². The van der Waals surface area contributed by atoms with Gasteiger partial charge in [0.25, 0.3) is 0 Å². The van der Waals surface area contributed by atoms with Crippen LogP contribution in [0.4, 0.5) is 0 Å². The molecule has 0 radical (unpaired) electrons. The molecule has 1 nitrogen and oxygen atoms in total. The third kappa shape index (κ3) is 3.95. The van der Waals surface area contributed by atoms with Gasteiger partial charge in [0, 0.05) is 6.04 Å². The Morgan fingerprint density at radius 1 is 0.952 bits per heavy atom. The smallest absolute Gasteiger partial charge is 0.0335 e. The minimum Gasteiger partial charge on any atom is -0.324 e. The van der Waals surface area contributed by atoms with Crippen LogP contribution in [-0.4, -0.2) is 0 Å². The fourth-order valence-corrected chi connectivity index (χ4v) is 2.68. The summed E-state index contributed by atoms with van der Waals surface area (Å²) in [6, 6.07) is 15.5. The average molecular weight is 281 g/mol. The average Bonchev–Trinajstić information content (AvgIpc) is 2.50. The van der Waals surface area contributed by atoms with E-state index in [1.807, 2.05) is 0 Å². The molecule has 112 valence electrons. The molecular weight excluding hydrogens is 254 g/mol. The van der Waals surface area contributed by atoms with Gasteiger partial charge in [-0.1, -0.05) is 61.9 Å². The summed E-state index contributed by atoms with van der Waals surface area (Å²) in [6.07, 6.45) is 2.07. The van der Waals surface area contributed by atoms with Crippen molar-refractivity contribution in [3.8, 4) is 0 Å². The monoisotopic (exact) mass is 281 g/mol. The van der Waals surface area contributed by atoms with Crippen LogP contribution in [-0.2, 0) is 6.42 Å². The van der Waals surface area contributed by atoms with E-state index in [-0.39, 0.29) is 6.04 Å². The maximum absolute atomic E-state index is 6.40. The SMILES string of the molecule is CCC(C)c1ccc(C(N)Cc2cc(C)ccc2C)cc1. The number of aryl methyl sites for hydroxylation is 2. The number of nitrogens with two attached hydrogens (primary N) is 1. The molecule has 2 unspecified atom stereocenters. The minimum absolute atomic E-state index is 0.0662. The number of benzene rings is 2. The highest BCUT2D eigenvalue weighted by Gasteiger charge is 2.10. The molecule has 0 aliphatic rings. The molecule has 2 atom stereocenters. The predicted molar refractivity (Wildman–Crippen MR) is 91.7 cm³/mol. The minimum atomic E-state index is 0.0662. The van der Waals surface area contributed by atoms with Crippen LogP contribution in [0.15, 0.2) is 42.5 Å². The fourth-order valence-electron chi connectivity index (χ4n) is 2.68. The summed E-state index contributed by atoms with van der Waals surface area (Å²) in [6.45, 7) is 8.79. The largest absolute Gasteiger partial charge is 0.324 e. The molecule has 0 saturated carbocycles. The molecular formula is C20H27N. The Hall–Kier alpha value is -1.60. The van der Waals surface area contributed by atoms with Gasteiger partial charge in [-0.15, -0.1) is 0 Å². The zero-order valence-electron chi connectivity index (χ0n) is 13.7. The van der Waals surface area contributed by atoms with Gasteiger partial charge in [-0.25, -0.2) is 0 Å². The molecule has 0 saturated heterocycles. The first-order valence-electron chi connectivity index (χ1n) is 7.92. The highest BCUT2D eigenvalue weighted by atomic mass is 14.6. The van der Waals surface area contributed by atoms with Gasteiger partial charge < -0.3 is 5.73 Å². The van der Waals surface area contributed by atoms with Crippen LogP contribution in [0.2, 0.25) is 0 Å². The third-order valence-corrected chi connectivity index (χ3v) is 4.49. The molecule has 2 N–H and O–H groups in total. The first kappa shape index (κ1) is 15.8. The second kappa shape index (κ2) is 6.91. The summed E-state index contributed by atoms with van der Waals surface area (Å²) in [5.74, 6) is 0.620. The van der Waals surface area contributed by atoms with Gasteiger partial charge in [0.15, 0.2) is 0 Å². The zero-order chi connectivity index (χ0) is 15.4. The topological polar surface area (TPSA) is 26.0 Å². The van der Waals surface area contributed by atoms with E-state index in [4.69, 9.17) is 5.73 Å². The van der Waals surface area contributed by atoms with Crippen LogP contribution >= 0.6 is 0 Å². The Balaban J connectivity index is 2.13. The second-order valence-corrected chi connectivity index (χ2v) is 6.22. The lowest BCUT2D eigenvalue weighted by Crippen LogP contribution is -2.14. The molecule has 0 heterocycles. The quantitative estimate of drug-likeness (QED) is 0.814. The molecule has 2 aromatic carbocycles. The van der Waals surface area contributed by atoms with Crippen LogP contribution in [0.25, 0.3) is 0 Å². The Labute approximate surface area is 129 Å². The number of rotatable bonds is 5. The van der Waals surface area contributed by atoms with Crippen molar-refractivity contribution in [2.45, 2.75) is 52.5 Å². The predicted octanol–water partition coefficient (Wildman–Crippen LogP) is 5.06. The number of hydrogen-bond donors (Lipinski definition) is 1. The first-order valence-corrected chi connectivity index (χ1v) is 7.92. The molecule has 0 spiro atoms. The van der Waals surface area contributed by atoms with Crippen LogP contribution in [0.3, 0.4) is 0 Å². The molecule has 1 heteroatoms. The fraction of sp³-hybridized carbons (Fsp3) is 0.400. The Morgan fingerprint density at radius 2 is 1.57 bits per heavy atom. The maximum atomic E-state index is 6.40. The van der Waals surface area contributed by atoms with E-state index in [1.54, 1.807) is 0 Å².